The number of allylic oxidation sites excluding steroid dienone is 2. The molecule has 0 N–H and O–H groups in total. The third-order valence-electron chi connectivity index (χ3n) is 3.47. The van der Waals surface area contributed by atoms with Gasteiger partial charge in [-0.3, -0.25) is 0 Å². The second-order valence-corrected chi connectivity index (χ2v) is 10.5. The summed E-state index contributed by atoms with van der Waals surface area (Å²) in [5.41, 5.74) is 1.76. The van der Waals surface area contributed by atoms with Gasteiger partial charge >= 0.3 is 0 Å². The minimum atomic E-state index is -1.06. The van der Waals surface area contributed by atoms with Crippen LogP contribution in [0.5, 0.6) is 0 Å². The van der Waals surface area contributed by atoms with Gasteiger partial charge in [0, 0.05) is 0 Å². The van der Waals surface area contributed by atoms with Gasteiger partial charge in [0.2, 0.25) is 0 Å². The first-order valence-electron chi connectivity index (χ1n) is 6.08. The van der Waals surface area contributed by atoms with Gasteiger partial charge in [-0.25, -0.2) is 0 Å². The Morgan fingerprint density at radius 3 is 1.64 bits per heavy atom. The summed E-state index contributed by atoms with van der Waals surface area (Å²) in [6, 6.07) is 0. The molecule has 0 aliphatic carbocycles. The standard InChI is InChI=1S/C12H27BSi/c1-8-12(13(9-2)10-3)11(4)14(5,6)7/h8-10H2,1-7H3/b12-11+. The molecule has 14 heavy (non-hydrogen) atoms. The van der Waals surface area contributed by atoms with Crippen molar-refractivity contribution < 1.29 is 0 Å². The summed E-state index contributed by atoms with van der Waals surface area (Å²) in [7, 11) is -1.06. The van der Waals surface area contributed by atoms with E-state index in [0.717, 1.165) is 6.71 Å². The number of hydrogen-bond acceptors (Lipinski definition) is 0. The maximum Gasteiger partial charge on any atom is 0.169 e. The van der Waals surface area contributed by atoms with Gasteiger partial charge in [-0.15, -0.1) is 5.47 Å². The van der Waals surface area contributed by atoms with Crippen LogP contribution in [0.3, 0.4) is 0 Å². The van der Waals surface area contributed by atoms with Crippen LogP contribution in [-0.2, 0) is 0 Å². The predicted molar refractivity (Wildman–Crippen MR) is 73.1 cm³/mol. The Labute approximate surface area is 92.3 Å². The Morgan fingerprint density at radius 1 is 1.00 bits per heavy atom. The van der Waals surface area contributed by atoms with E-state index in [1.165, 1.54) is 19.1 Å². The molecule has 0 unspecified atom stereocenters. The van der Waals surface area contributed by atoms with Crippen molar-refractivity contribution in [1.29, 1.82) is 0 Å². The maximum atomic E-state index is 2.46. The fourth-order valence-electron chi connectivity index (χ4n) is 2.12. The third kappa shape index (κ3) is 3.64. The monoisotopic (exact) mass is 210 g/mol. The largest absolute Gasteiger partial charge is 0.169 e. The molecule has 0 aromatic heterocycles. The van der Waals surface area contributed by atoms with Gasteiger partial charge in [0.25, 0.3) is 0 Å². The second kappa shape index (κ2) is 5.79. The zero-order chi connectivity index (χ0) is 11.4. The molecule has 0 saturated heterocycles. The highest BCUT2D eigenvalue weighted by Gasteiger charge is 2.23. The summed E-state index contributed by atoms with van der Waals surface area (Å²) in [4.78, 5) is 0. The van der Waals surface area contributed by atoms with Crippen LogP contribution in [0.2, 0.25) is 32.3 Å². The Morgan fingerprint density at radius 2 is 1.43 bits per heavy atom. The number of rotatable bonds is 5. The summed E-state index contributed by atoms with van der Waals surface area (Å²) in [5, 5.41) is 1.74. The second-order valence-electron chi connectivity index (χ2n) is 5.27. The van der Waals surface area contributed by atoms with Gasteiger partial charge in [0.15, 0.2) is 6.71 Å². The summed E-state index contributed by atoms with van der Waals surface area (Å²) < 4.78 is 0. The molecular formula is C12H27BSi. The Hall–Kier alpha value is 0.0218. The van der Waals surface area contributed by atoms with Crippen LogP contribution < -0.4 is 0 Å². The first-order chi connectivity index (χ1) is 6.38. The van der Waals surface area contributed by atoms with Crippen LogP contribution >= 0.6 is 0 Å². The Kier molecular flexibility index (Phi) is 5.80. The van der Waals surface area contributed by atoms with E-state index in [-0.39, 0.29) is 0 Å². The lowest BCUT2D eigenvalue weighted by Gasteiger charge is -2.25. The van der Waals surface area contributed by atoms with Gasteiger partial charge in [-0.2, -0.15) is 0 Å². The molecule has 0 rings (SSSR count). The molecule has 0 spiro atoms. The summed E-state index contributed by atoms with van der Waals surface area (Å²) in [6.45, 7) is 17.6. The molecule has 82 valence electrons. The maximum absolute atomic E-state index is 2.46. The smallest absolute Gasteiger partial charge is 0.106 e. The highest BCUT2D eigenvalue weighted by molar-refractivity contribution is 6.85. The van der Waals surface area contributed by atoms with Crippen molar-refractivity contribution in [3.63, 3.8) is 0 Å². The quantitative estimate of drug-likeness (QED) is 0.579. The van der Waals surface area contributed by atoms with Gasteiger partial charge in [-0.05, 0) is 13.3 Å². The van der Waals surface area contributed by atoms with Crippen molar-refractivity contribution in [2.75, 3.05) is 0 Å². The highest BCUT2D eigenvalue weighted by Crippen LogP contribution is 2.24. The molecule has 0 aromatic carbocycles. The van der Waals surface area contributed by atoms with Crippen LogP contribution in [0.15, 0.2) is 10.7 Å². The van der Waals surface area contributed by atoms with E-state index in [4.69, 9.17) is 0 Å². The van der Waals surface area contributed by atoms with Gasteiger partial charge in [0.05, 0.1) is 8.07 Å². The van der Waals surface area contributed by atoms with E-state index < -0.39 is 8.07 Å². The van der Waals surface area contributed by atoms with Crippen LogP contribution in [0.4, 0.5) is 0 Å². The van der Waals surface area contributed by atoms with E-state index in [0.29, 0.717) is 0 Å². The van der Waals surface area contributed by atoms with Crippen molar-refractivity contribution in [1.82, 2.24) is 0 Å². The summed E-state index contributed by atoms with van der Waals surface area (Å²) in [5.74, 6) is 0. The molecule has 0 amide bonds. The molecule has 0 aliphatic heterocycles. The van der Waals surface area contributed by atoms with Crippen molar-refractivity contribution in [2.24, 2.45) is 0 Å². The molecular weight excluding hydrogens is 183 g/mol. The SMILES string of the molecule is CCB(CC)/C(CC)=C(\C)[Si](C)(C)C. The molecule has 0 aliphatic rings. The first-order valence-corrected chi connectivity index (χ1v) is 9.58. The molecule has 0 radical (unpaired) electrons. The van der Waals surface area contributed by atoms with Crippen LogP contribution in [0.25, 0.3) is 0 Å². The molecule has 0 fully saturated rings. The predicted octanol–water partition coefficient (Wildman–Crippen LogP) is 4.66. The Balaban J connectivity index is 5.01. The van der Waals surface area contributed by atoms with E-state index >= 15 is 0 Å². The molecule has 0 atom stereocenters. The minimum absolute atomic E-state index is 0.840. The van der Waals surface area contributed by atoms with Crippen molar-refractivity contribution in [3.8, 4) is 0 Å². The molecule has 2 heteroatoms. The normalized spacial score (nSPS) is 13.9. The fraction of sp³-hybridized carbons (Fsp3) is 0.833. The van der Waals surface area contributed by atoms with Crippen molar-refractivity contribution >= 4 is 14.8 Å². The fourth-order valence-corrected chi connectivity index (χ4v) is 3.47. The molecule has 0 saturated carbocycles. The van der Waals surface area contributed by atoms with Gasteiger partial charge in [-0.1, -0.05) is 58.2 Å². The lowest BCUT2D eigenvalue weighted by atomic mass is 9.40. The van der Waals surface area contributed by atoms with E-state index in [1.807, 2.05) is 0 Å². The Bertz CT molecular complexity index is 197. The van der Waals surface area contributed by atoms with Crippen LogP contribution in [0.1, 0.15) is 34.1 Å². The average molecular weight is 210 g/mol. The van der Waals surface area contributed by atoms with E-state index in [9.17, 15) is 0 Å². The molecule has 0 aromatic rings. The zero-order valence-corrected chi connectivity index (χ0v) is 12.2. The molecule has 0 heterocycles. The van der Waals surface area contributed by atoms with Crippen LogP contribution in [-0.4, -0.2) is 14.8 Å². The minimum Gasteiger partial charge on any atom is -0.106 e. The van der Waals surface area contributed by atoms with Gasteiger partial charge < -0.3 is 0 Å². The average Bonchev–Trinajstić information content (AvgIpc) is 2.11. The van der Waals surface area contributed by atoms with Crippen LogP contribution in [0, 0.1) is 0 Å². The third-order valence-corrected chi connectivity index (χ3v) is 6.04. The number of hydrogen-bond donors (Lipinski definition) is 0. The lowest BCUT2D eigenvalue weighted by molar-refractivity contribution is 1.13. The van der Waals surface area contributed by atoms with Crippen molar-refractivity contribution in [3.05, 3.63) is 10.7 Å². The van der Waals surface area contributed by atoms with Crippen molar-refractivity contribution in [2.45, 2.75) is 66.4 Å². The highest BCUT2D eigenvalue weighted by atomic mass is 28.3. The topological polar surface area (TPSA) is 0 Å². The van der Waals surface area contributed by atoms with Gasteiger partial charge in [0.1, 0.15) is 0 Å². The first kappa shape index (κ1) is 14.0. The zero-order valence-electron chi connectivity index (χ0n) is 11.2. The lowest BCUT2D eigenvalue weighted by Crippen LogP contribution is -2.28. The molecule has 0 nitrogen and oxygen atoms in total. The summed E-state index contributed by atoms with van der Waals surface area (Å²) in [6.07, 6.45) is 3.87. The molecule has 0 bridgehead atoms. The van der Waals surface area contributed by atoms with E-state index in [2.05, 4.69) is 47.3 Å². The summed E-state index contributed by atoms with van der Waals surface area (Å²) >= 11 is 0. The van der Waals surface area contributed by atoms with E-state index in [1.54, 1.807) is 10.7 Å².